The molecule has 0 aliphatic carbocycles. The lowest BCUT2D eigenvalue weighted by atomic mass is 10.5. The molecule has 0 spiro atoms. The Bertz CT molecular complexity index is 343. The lowest BCUT2D eigenvalue weighted by molar-refractivity contribution is 0.856. The highest BCUT2D eigenvalue weighted by molar-refractivity contribution is 7.11. The van der Waals surface area contributed by atoms with Crippen molar-refractivity contribution in [3.8, 4) is 0 Å². The zero-order chi connectivity index (χ0) is 11.1. The summed E-state index contributed by atoms with van der Waals surface area (Å²) >= 11 is 1.69. The number of hydrogen-bond donors (Lipinski definition) is 2. The van der Waals surface area contributed by atoms with Gasteiger partial charge in [-0.15, -0.1) is 17.9 Å². The predicted molar refractivity (Wildman–Crippen MR) is 65.2 cm³/mol. The van der Waals surface area contributed by atoms with E-state index in [-0.39, 0.29) is 0 Å². The van der Waals surface area contributed by atoms with E-state index >= 15 is 0 Å². The maximum absolute atomic E-state index is 4.18. The number of rotatable bonds is 4. The molecule has 82 valence electrons. The van der Waals surface area contributed by atoms with Gasteiger partial charge in [-0.05, 0) is 6.92 Å². The first-order valence-corrected chi connectivity index (χ1v) is 5.54. The smallest absolute Gasteiger partial charge is 0.191 e. The van der Waals surface area contributed by atoms with Crippen LogP contribution in [-0.2, 0) is 6.54 Å². The average molecular weight is 224 g/mol. The van der Waals surface area contributed by atoms with Crippen molar-refractivity contribution >= 4 is 17.3 Å². The van der Waals surface area contributed by atoms with E-state index in [1.165, 1.54) is 4.88 Å². The molecule has 1 aromatic heterocycles. The molecule has 0 unspecified atom stereocenters. The second-order valence-corrected chi connectivity index (χ2v) is 4.26. The van der Waals surface area contributed by atoms with Gasteiger partial charge in [-0.2, -0.15) is 0 Å². The summed E-state index contributed by atoms with van der Waals surface area (Å²) in [5, 5.41) is 7.38. The normalized spacial score (nSPS) is 11.2. The minimum Gasteiger partial charge on any atom is -0.353 e. The molecule has 0 aromatic carbocycles. The van der Waals surface area contributed by atoms with Gasteiger partial charge in [0.1, 0.15) is 0 Å². The fraction of sp³-hybridized carbons (Fsp3) is 0.400. The summed E-state index contributed by atoms with van der Waals surface area (Å²) in [4.78, 5) is 9.47. The van der Waals surface area contributed by atoms with Crippen molar-refractivity contribution in [2.45, 2.75) is 13.5 Å². The van der Waals surface area contributed by atoms with Crippen LogP contribution in [0.5, 0.6) is 0 Å². The van der Waals surface area contributed by atoms with E-state index in [2.05, 4.69) is 27.2 Å². The first-order valence-electron chi connectivity index (χ1n) is 4.73. The van der Waals surface area contributed by atoms with E-state index < -0.39 is 0 Å². The molecule has 1 rings (SSSR count). The van der Waals surface area contributed by atoms with Crippen molar-refractivity contribution in [3.63, 3.8) is 0 Å². The van der Waals surface area contributed by atoms with Crippen molar-refractivity contribution in [1.29, 1.82) is 0 Å². The molecule has 0 aliphatic heterocycles. The van der Waals surface area contributed by atoms with Crippen LogP contribution in [-0.4, -0.2) is 24.5 Å². The van der Waals surface area contributed by atoms with Crippen LogP contribution in [0.3, 0.4) is 0 Å². The molecule has 4 nitrogen and oxygen atoms in total. The number of aryl methyl sites for hydroxylation is 1. The van der Waals surface area contributed by atoms with E-state index in [9.17, 15) is 0 Å². The summed E-state index contributed by atoms with van der Waals surface area (Å²) in [7, 11) is 1.75. The number of aromatic nitrogens is 1. The van der Waals surface area contributed by atoms with Crippen molar-refractivity contribution < 1.29 is 0 Å². The topological polar surface area (TPSA) is 49.3 Å². The summed E-state index contributed by atoms with van der Waals surface area (Å²) in [5.41, 5.74) is 0. The molecule has 15 heavy (non-hydrogen) atoms. The number of nitrogens with one attached hydrogen (secondary N) is 2. The summed E-state index contributed by atoms with van der Waals surface area (Å²) in [6.45, 7) is 7.10. The Morgan fingerprint density at radius 2 is 2.47 bits per heavy atom. The Labute approximate surface area is 94.2 Å². The number of guanidine groups is 1. The van der Waals surface area contributed by atoms with Gasteiger partial charge in [-0.1, -0.05) is 6.08 Å². The molecule has 0 radical (unpaired) electrons. The number of aliphatic imine (C=N–C) groups is 1. The van der Waals surface area contributed by atoms with Gasteiger partial charge in [0, 0.05) is 24.7 Å². The van der Waals surface area contributed by atoms with Crippen LogP contribution in [0.15, 0.2) is 23.8 Å². The van der Waals surface area contributed by atoms with Crippen molar-refractivity contribution in [2.24, 2.45) is 4.99 Å². The fourth-order valence-electron chi connectivity index (χ4n) is 1.05. The first kappa shape index (κ1) is 11.7. The lowest BCUT2D eigenvalue weighted by Gasteiger charge is -2.08. The SMILES string of the molecule is C=CCNC(=NC)NCc1cnc(C)s1. The second kappa shape index (κ2) is 6.19. The molecular formula is C10H16N4S. The van der Waals surface area contributed by atoms with Gasteiger partial charge in [-0.3, -0.25) is 4.99 Å². The van der Waals surface area contributed by atoms with Crippen molar-refractivity contribution in [2.75, 3.05) is 13.6 Å². The summed E-state index contributed by atoms with van der Waals surface area (Å²) in [5.74, 6) is 0.779. The van der Waals surface area contributed by atoms with Crippen LogP contribution in [0.2, 0.25) is 0 Å². The molecule has 0 atom stereocenters. The van der Waals surface area contributed by atoms with Crippen LogP contribution >= 0.6 is 11.3 Å². The van der Waals surface area contributed by atoms with E-state index in [1.54, 1.807) is 24.5 Å². The number of hydrogen-bond acceptors (Lipinski definition) is 3. The molecule has 2 N–H and O–H groups in total. The highest BCUT2D eigenvalue weighted by Crippen LogP contribution is 2.10. The average Bonchev–Trinajstić information content (AvgIpc) is 2.65. The zero-order valence-corrected chi connectivity index (χ0v) is 9.90. The zero-order valence-electron chi connectivity index (χ0n) is 9.08. The molecule has 0 bridgehead atoms. The van der Waals surface area contributed by atoms with Crippen LogP contribution in [0.4, 0.5) is 0 Å². The molecule has 5 heteroatoms. The fourth-order valence-corrected chi connectivity index (χ4v) is 1.78. The van der Waals surface area contributed by atoms with Crippen molar-refractivity contribution in [1.82, 2.24) is 15.6 Å². The third-order valence-electron chi connectivity index (χ3n) is 1.74. The van der Waals surface area contributed by atoms with E-state index in [0.717, 1.165) is 17.5 Å². The summed E-state index contributed by atoms with van der Waals surface area (Å²) in [6, 6.07) is 0. The minimum absolute atomic E-state index is 0.710. The van der Waals surface area contributed by atoms with E-state index in [4.69, 9.17) is 0 Å². The van der Waals surface area contributed by atoms with Crippen molar-refractivity contribution in [3.05, 3.63) is 28.7 Å². The third-order valence-corrected chi connectivity index (χ3v) is 2.65. The summed E-state index contributed by atoms with van der Waals surface area (Å²) in [6.07, 6.45) is 3.68. The van der Waals surface area contributed by atoms with Crippen LogP contribution in [0, 0.1) is 6.92 Å². The highest BCUT2D eigenvalue weighted by Gasteiger charge is 1.99. The molecular weight excluding hydrogens is 208 g/mol. The Morgan fingerprint density at radius 3 is 3.00 bits per heavy atom. The Kier molecular flexibility index (Phi) is 4.83. The Balaban J connectivity index is 2.37. The summed E-state index contributed by atoms with van der Waals surface area (Å²) < 4.78 is 0. The van der Waals surface area contributed by atoms with Gasteiger partial charge in [0.05, 0.1) is 11.6 Å². The molecule has 0 saturated heterocycles. The largest absolute Gasteiger partial charge is 0.353 e. The number of thiazole rings is 1. The predicted octanol–water partition coefficient (Wildman–Crippen LogP) is 1.30. The quantitative estimate of drug-likeness (QED) is 0.460. The maximum atomic E-state index is 4.18. The highest BCUT2D eigenvalue weighted by atomic mass is 32.1. The lowest BCUT2D eigenvalue weighted by Crippen LogP contribution is -2.36. The second-order valence-electron chi connectivity index (χ2n) is 2.94. The standard InChI is InChI=1S/C10H16N4S/c1-4-5-12-10(11-3)14-7-9-6-13-8(2)15-9/h4,6H,1,5,7H2,2-3H3,(H2,11,12,14). The van der Waals surface area contributed by atoms with Gasteiger partial charge < -0.3 is 10.6 Å². The minimum atomic E-state index is 0.710. The third kappa shape index (κ3) is 4.12. The van der Waals surface area contributed by atoms with Gasteiger partial charge in [0.15, 0.2) is 5.96 Å². The van der Waals surface area contributed by atoms with Gasteiger partial charge in [-0.25, -0.2) is 4.98 Å². The van der Waals surface area contributed by atoms with E-state index in [1.807, 2.05) is 13.1 Å². The van der Waals surface area contributed by atoms with Crippen LogP contribution < -0.4 is 10.6 Å². The van der Waals surface area contributed by atoms with E-state index in [0.29, 0.717) is 6.54 Å². The van der Waals surface area contributed by atoms with Gasteiger partial charge in [0.2, 0.25) is 0 Å². The monoisotopic (exact) mass is 224 g/mol. The maximum Gasteiger partial charge on any atom is 0.191 e. The van der Waals surface area contributed by atoms with Gasteiger partial charge >= 0.3 is 0 Å². The molecule has 0 aliphatic rings. The van der Waals surface area contributed by atoms with Gasteiger partial charge in [0.25, 0.3) is 0 Å². The molecule has 0 saturated carbocycles. The molecule has 0 fully saturated rings. The Morgan fingerprint density at radius 1 is 1.67 bits per heavy atom. The number of nitrogens with zero attached hydrogens (tertiary/aromatic N) is 2. The Hall–Kier alpha value is -1.36. The molecule has 1 heterocycles. The van der Waals surface area contributed by atoms with Crippen LogP contribution in [0.25, 0.3) is 0 Å². The molecule has 0 amide bonds. The molecule has 1 aromatic rings. The first-order chi connectivity index (χ1) is 7.26. The van der Waals surface area contributed by atoms with Crippen LogP contribution in [0.1, 0.15) is 9.88 Å².